The highest BCUT2D eigenvalue weighted by Crippen LogP contribution is 2.39. The Balaban J connectivity index is 2.46. The molecule has 0 atom stereocenters. The molecule has 0 amide bonds. The number of benzene rings is 2. The van der Waals surface area contributed by atoms with E-state index in [1.54, 1.807) is 0 Å². The van der Waals surface area contributed by atoms with Crippen LogP contribution in [-0.2, 0) is 12.7 Å². The van der Waals surface area contributed by atoms with Crippen molar-refractivity contribution in [3.05, 3.63) is 58.9 Å². The molecule has 2 N–H and O–H groups in total. The molecule has 6 heteroatoms. The van der Waals surface area contributed by atoms with Gasteiger partial charge in [0.15, 0.2) is 11.6 Å². The van der Waals surface area contributed by atoms with E-state index >= 15 is 0 Å². The lowest BCUT2D eigenvalue weighted by Crippen LogP contribution is -2.09. The molecule has 0 fully saturated rings. The Labute approximate surface area is 119 Å². The number of ether oxygens (including phenoxy) is 1. The normalized spacial score (nSPS) is 11.5. The van der Waals surface area contributed by atoms with Crippen molar-refractivity contribution in [1.82, 2.24) is 0 Å². The number of hydrogen-bond donors (Lipinski definition) is 1. The van der Waals surface area contributed by atoms with Gasteiger partial charge in [0.1, 0.15) is 5.75 Å². The van der Waals surface area contributed by atoms with Crippen LogP contribution in [0.4, 0.5) is 17.6 Å². The van der Waals surface area contributed by atoms with Gasteiger partial charge >= 0.3 is 6.18 Å². The highest BCUT2D eigenvalue weighted by Gasteiger charge is 2.35. The first-order valence-corrected chi connectivity index (χ1v) is 6.16. The van der Waals surface area contributed by atoms with E-state index in [1.807, 2.05) is 0 Å². The predicted octanol–water partition coefficient (Wildman–Crippen LogP) is 4.40. The van der Waals surface area contributed by atoms with Gasteiger partial charge in [-0.2, -0.15) is 13.2 Å². The lowest BCUT2D eigenvalue weighted by molar-refractivity contribution is -0.138. The minimum absolute atomic E-state index is 0.0256. The molecule has 0 aliphatic rings. The summed E-state index contributed by atoms with van der Waals surface area (Å²) in [6, 6.07) is 7.76. The molecule has 0 saturated heterocycles. The van der Waals surface area contributed by atoms with Gasteiger partial charge < -0.3 is 10.5 Å². The maximum atomic E-state index is 13.8. The first-order valence-electron chi connectivity index (χ1n) is 6.16. The van der Waals surface area contributed by atoms with Gasteiger partial charge in [0.2, 0.25) is 0 Å². The van der Waals surface area contributed by atoms with Gasteiger partial charge in [-0.25, -0.2) is 4.39 Å². The quantitative estimate of drug-likeness (QED) is 0.852. The zero-order valence-corrected chi connectivity index (χ0v) is 11.2. The summed E-state index contributed by atoms with van der Waals surface area (Å²) in [5, 5.41) is 0. The fourth-order valence-electron chi connectivity index (χ4n) is 1.83. The van der Waals surface area contributed by atoms with Crippen LogP contribution in [0.5, 0.6) is 11.5 Å². The molecule has 2 rings (SSSR count). The molecule has 0 heterocycles. The standard InChI is InChI=1S/C15H13F4NO/c1-9-3-2-4-13(14(9)16)21-12-6-5-10(8-20)7-11(12)15(17,18)19/h2-7H,8,20H2,1H3. The number of aryl methyl sites for hydroxylation is 1. The second-order valence-corrected chi connectivity index (χ2v) is 4.52. The average molecular weight is 299 g/mol. The van der Waals surface area contributed by atoms with E-state index < -0.39 is 23.3 Å². The van der Waals surface area contributed by atoms with Gasteiger partial charge in [-0.15, -0.1) is 0 Å². The van der Waals surface area contributed by atoms with E-state index in [9.17, 15) is 17.6 Å². The summed E-state index contributed by atoms with van der Waals surface area (Å²) in [7, 11) is 0. The lowest BCUT2D eigenvalue weighted by Gasteiger charge is -2.15. The smallest absolute Gasteiger partial charge is 0.419 e. The molecule has 112 valence electrons. The third-order valence-electron chi connectivity index (χ3n) is 2.96. The number of rotatable bonds is 3. The summed E-state index contributed by atoms with van der Waals surface area (Å²) in [6.07, 6.45) is -4.61. The molecular formula is C15H13F4NO. The first kappa shape index (κ1) is 15.3. The SMILES string of the molecule is Cc1cccc(Oc2ccc(CN)cc2C(F)(F)F)c1F. The Hall–Kier alpha value is -2.08. The zero-order chi connectivity index (χ0) is 15.6. The number of hydrogen-bond acceptors (Lipinski definition) is 2. The molecule has 0 aromatic heterocycles. The molecule has 21 heavy (non-hydrogen) atoms. The van der Waals surface area contributed by atoms with E-state index in [2.05, 4.69) is 0 Å². The first-order chi connectivity index (χ1) is 9.82. The summed E-state index contributed by atoms with van der Waals surface area (Å²) < 4.78 is 58.0. The molecule has 2 aromatic carbocycles. The molecule has 0 saturated carbocycles. The van der Waals surface area contributed by atoms with Gasteiger partial charge in [-0.3, -0.25) is 0 Å². The highest BCUT2D eigenvalue weighted by molar-refractivity contribution is 5.43. The van der Waals surface area contributed by atoms with E-state index in [0.29, 0.717) is 11.1 Å². The van der Waals surface area contributed by atoms with Crippen molar-refractivity contribution in [2.75, 3.05) is 0 Å². The number of nitrogens with two attached hydrogens (primary N) is 1. The summed E-state index contributed by atoms with van der Waals surface area (Å²) in [5.41, 5.74) is 4.97. The van der Waals surface area contributed by atoms with Gasteiger partial charge in [0.05, 0.1) is 5.56 Å². The summed E-state index contributed by atoms with van der Waals surface area (Å²) in [4.78, 5) is 0. The van der Waals surface area contributed by atoms with Crippen molar-refractivity contribution < 1.29 is 22.3 Å². The number of alkyl halides is 3. The van der Waals surface area contributed by atoms with Crippen LogP contribution in [0.2, 0.25) is 0 Å². The van der Waals surface area contributed by atoms with Crippen LogP contribution >= 0.6 is 0 Å². The molecule has 0 aliphatic carbocycles. The summed E-state index contributed by atoms with van der Waals surface area (Å²) >= 11 is 0. The van der Waals surface area contributed by atoms with Crippen LogP contribution in [-0.4, -0.2) is 0 Å². The van der Waals surface area contributed by atoms with Crippen molar-refractivity contribution in [3.63, 3.8) is 0 Å². The monoisotopic (exact) mass is 299 g/mol. The predicted molar refractivity (Wildman–Crippen MR) is 70.5 cm³/mol. The minimum atomic E-state index is -4.61. The lowest BCUT2D eigenvalue weighted by atomic mass is 10.1. The topological polar surface area (TPSA) is 35.2 Å². The molecule has 0 spiro atoms. The summed E-state index contributed by atoms with van der Waals surface area (Å²) in [5.74, 6) is -1.39. The van der Waals surface area contributed by atoms with Crippen molar-refractivity contribution in [2.24, 2.45) is 5.73 Å². The molecule has 2 aromatic rings. The maximum absolute atomic E-state index is 13.8. The van der Waals surface area contributed by atoms with Gasteiger partial charge in [0, 0.05) is 6.54 Å². The Morgan fingerprint density at radius 2 is 1.81 bits per heavy atom. The highest BCUT2D eigenvalue weighted by atomic mass is 19.4. The Morgan fingerprint density at radius 3 is 2.43 bits per heavy atom. The zero-order valence-electron chi connectivity index (χ0n) is 11.2. The maximum Gasteiger partial charge on any atom is 0.419 e. The third kappa shape index (κ3) is 3.33. The van der Waals surface area contributed by atoms with Crippen LogP contribution in [0.25, 0.3) is 0 Å². The van der Waals surface area contributed by atoms with Crippen molar-refractivity contribution in [2.45, 2.75) is 19.6 Å². The molecule has 2 nitrogen and oxygen atoms in total. The van der Waals surface area contributed by atoms with Crippen molar-refractivity contribution in [3.8, 4) is 11.5 Å². The van der Waals surface area contributed by atoms with E-state index in [-0.39, 0.29) is 12.3 Å². The Morgan fingerprint density at radius 1 is 1.10 bits per heavy atom. The van der Waals surface area contributed by atoms with Crippen LogP contribution in [0.1, 0.15) is 16.7 Å². The van der Waals surface area contributed by atoms with Crippen molar-refractivity contribution in [1.29, 1.82) is 0 Å². The van der Waals surface area contributed by atoms with Crippen molar-refractivity contribution >= 4 is 0 Å². The molecule has 0 radical (unpaired) electrons. The van der Waals surface area contributed by atoms with Crippen LogP contribution in [0.15, 0.2) is 36.4 Å². The minimum Gasteiger partial charge on any atom is -0.454 e. The second-order valence-electron chi connectivity index (χ2n) is 4.52. The third-order valence-corrected chi connectivity index (χ3v) is 2.96. The average Bonchev–Trinajstić information content (AvgIpc) is 2.43. The van der Waals surface area contributed by atoms with Gasteiger partial charge in [-0.1, -0.05) is 18.2 Å². The Kier molecular flexibility index (Phi) is 4.18. The Bertz CT molecular complexity index is 653. The fraction of sp³-hybridized carbons (Fsp3) is 0.200. The van der Waals surface area contributed by atoms with Crippen LogP contribution in [0, 0.1) is 12.7 Å². The summed E-state index contributed by atoms with van der Waals surface area (Å²) in [6.45, 7) is 1.48. The van der Waals surface area contributed by atoms with Gasteiger partial charge in [0.25, 0.3) is 0 Å². The van der Waals surface area contributed by atoms with Crippen LogP contribution in [0.3, 0.4) is 0 Å². The fourth-order valence-corrected chi connectivity index (χ4v) is 1.83. The van der Waals surface area contributed by atoms with E-state index in [4.69, 9.17) is 10.5 Å². The molecule has 0 bridgehead atoms. The molecular weight excluding hydrogens is 286 g/mol. The van der Waals surface area contributed by atoms with Crippen LogP contribution < -0.4 is 10.5 Å². The molecule has 0 unspecified atom stereocenters. The number of halogens is 4. The van der Waals surface area contributed by atoms with E-state index in [1.165, 1.54) is 31.2 Å². The van der Waals surface area contributed by atoms with Gasteiger partial charge in [-0.05, 0) is 36.2 Å². The second kappa shape index (κ2) is 5.73. The molecule has 0 aliphatic heterocycles. The van der Waals surface area contributed by atoms with E-state index in [0.717, 1.165) is 12.1 Å². The largest absolute Gasteiger partial charge is 0.454 e.